The van der Waals surface area contributed by atoms with E-state index >= 15 is 0 Å². The molecule has 0 atom stereocenters. The first-order chi connectivity index (χ1) is 11.5. The Kier molecular flexibility index (Phi) is 4.33. The molecule has 3 aromatic rings. The molecular weight excluding hydrogens is 304 g/mol. The van der Waals surface area contributed by atoms with Crippen LogP contribution in [0.3, 0.4) is 0 Å². The molecule has 0 saturated heterocycles. The number of benzene rings is 1. The molecule has 0 fully saturated rings. The molecule has 7 heteroatoms. The molecule has 2 aromatic heterocycles. The maximum atomic E-state index is 9.56. The third kappa shape index (κ3) is 3.81. The van der Waals surface area contributed by atoms with Crippen LogP contribution in [0.4, 0.5) is 17.5 Å². The molecule has 24 heavy (non-hydrogen) atoms. The third-order valence-corrected chi connectivity index (χ3v) is 3.48. The Bertz CT molecular complexity index is 845. The highest BCUT2D eigenvalue weighted by Crippen LogP contribution is 2.21. The Hall–Kier alpha value is -3.09. The second-order valence-corrected chi connectivity index (χ2v) is 5.74. The molecule has 0 aliphatic carbocycles. The molecule has 7 nitrogen and oxygen atoms in total. The molecule has 0 unspecified atom stereocenters. The van der Waals surface area contributed by atoms with Crippen molar-refractivity contribution in [3.8, 4) is 5.75 Å². The van der Waals surface area contributed by atoms with Crippen LogP contribution in [0.25, 0.3) is 0 Å². The van der Waals surface area contributed by atoms with Crippen molar-refractivity contribution in [1.29, 1.82) is 0 Å². The van der Waals surface area contributed by atoms with Gasteiger partial charge in [0.05, 0.1) is 6.54 Å². The molecular formula is C17H20N6O. The molecule has 0 aliphatic rings. The predicted molar refractivity (Wildman–Crippen MR) is 93.6 cm³/mol. The van der Waals surface area contributed by atoms with Gasteiger partial charge in [-0.3, -0.25) is 0 Å². The molecule has 1 aromatic carbocycles. The van der Waals surface area contributed by atoms with Gasteiger partial charge in [0.25, 0.3) is 0 Å². The summed E-state index contributed by atoms with van der Waals surface area (Å²) >= 11 is 0. The van der Waals surface area contributed by atoms with Gasteiger partial charge < -0.3 is 20.3 Å². The molecule has 0 radical (unpaired) electrons. The van der Waals surface area contributed by atoms with E-state index in [9.17, 15) is 5.11 Å². The highest BCUT2D eigenvalue weighted by molar-refractivity contribution is 5.57. The van der Waals surface area contributed by atoms with Gasteiger partial charge in [-0.2, -0.15) is 4.98 Å². The third-order valence-electron chi connectivity index (χ3n) is 3.48. The molecule has 0 spiro atoms. The van der Waals surface area contributed by atoms with Gasteiger partial charge in [0.1, 0.15) is 17.4 Å². The van der Waals surface area contributed by atoms with Crippen LogP contribution in [0.15, 0.2) is 36.5 Å². The topological polar surface area (TPSA) is 90.0 Å². The van der Waals surface area contributed by atoms with Crippen LogP contribution in [-0.4, -0.2) is 32.1 Å². The first-order valence-electron chi connectivity index (χ1n) is 7.63. The van der Waals surface area contributed by atoms with Gasteiger partial charge in [-0.05, 0) is 26.0 Å². The average Bonchev–Trinajstić information content (AvgIpc) is 2.91. The van der Waals surface area contributed by atoms with Gasteiger partial charge in [-0.15, -0.1) is 0 Å². The van der Waals surface area contributed by atoms with Crippen molar-refractivity contribution in [3.05, 3.63) is 53.7 Å². The van der Waals surface area contributed by atoms with Crippen molar-refractivity contribution in [2.45, 2.75) is 20.4 Å². The summed E-state index contributed by atoms with van der Waals surface area (Å²) in [6.45, 7) is 4.52. The monoisotopic (exact) mass is 324 g/mol. The number of hydrogen-bond acceptors (Lipinski definition) is 6. The summed E-state index contributed by atoms with van der Waals surface area (Å²) in [5, 5.41) is 12.7. The summed E-state index contributed by atoms with van der Waals surface area (Å²) in [6, 6.07) is 8.77. The number of imidazole rings is 1. The van der Waals surface area contributed by atoms with E-state index in [-0.39, 0.29) is 5.75 Å². The summed E-state index contributed by atoms with van der Waals surface area (Å²) in [5.74, 6) is 2.35. The lowest BCUT2D eigenvalue weighted by molar-refractivity contribution is 0.475. The minimum atomic E-state index is 0.193. The number of anilines is 3. The standard InChI is InChI=1S/C17H20N6O/c1-11-7-16(23(3)10-15-18-9-12(2)19-15)22-17(20-11)21-13-5-4-6-14(24)8-13/h4-9,24H,10H2,1-3H3,(H,18,19)(H,20,21,22). The molecule has 3 rings (SSSR count). The van der Waals surface area contributed by atoms with E-state index in [2.05, 4.69) is 25.3 Å². The molecule has 2 heterocycles. The zero-order valence-corrected chi connectivity index (χ0v) is 13.9. The number of nitrogens with zero attached hydrogens (tertiary/aromatic N) is 4. The van der Waals surface area contributed by atoms with E-state index in [1.807, 2.05) is 44.1 Å². The Morgan fingerprint density at radius 2 is 2.04 bits per heavy atom. The van der Waals surface area contributed by atoms with Crippen molar-refractivity contribution in [1.82, 2.24) is 19.9 Å². The maximum Gasteiger partial charge on any atom is 0.229 e. The molecule has 0 saturated carbocycles. The molecule has 0 aliphatic heterocycles. The minimum Gasteiger partial charge on any atom is -0.508 e. The van der Waals surface area contributed by atoms with E-state index in [4.69, 9.17) is 0 Å². The highest BCUT2D eigenvalue weighted by atomic mass is 16.3. The van der Waals surface area contributed by atoms with Gasteiger partial charge >= 0.3 is 0 Å². The largest absolute Gasteiger partial charge is 0.508 e. The molecule has 0 bridgehead atoms. The lowest BCUT2D eigenvalue weighted by Crippen LogP contribution is -2.19. The van der Waals surface area contributed by atoms with E-state index < -0.39 is 0 Å². The lowest BCUT2D eigenvalue weighted by Gasteiger charge is -2.18. The van der Waals surface area contributed by atoms with Gasteiger partial charge in [-0.25, -0.2) is 9.97 Å². The summed E-state index contributed by atoms with van der Waals surface area (Å²) in [7, 11) is 1.96. The zero-order chi connectivity index (χ0) is 17.1. The predicted octanol–water partition coefficient (Wildman–Crippen LogP) is 2.90. The van der Waals surface area contributed by atoms with Crippen molar-refractivity contribution >= 4 is 17.5 Å². The fraction of sp³-hybridized carbons (Fsp3) is 0.235. The smallest absolute Gasteiger partial charge is 0.229 e. The van der Waals surface area contributed by atoms with E-state index in [0.29, 0.717) is 12.5 Å². The number of aromatic amines is 1. The average molecular weight is 324 g/mol. The van der Waals surface area contributed by atoms with Gasteiger partial charge in [0, 0.05) is 42.5 Å². The van der Waals surface area contributed by atoms with Crippen molar-refractivity contribution in [2.75, 3.05) is 17.3 Å². The number of rotatable bonds is 5. The van der Waals surface area contributed by atoms with Crippen molar-refractivity contribution in [2.24, 2.45) is 0 Å². The van der Waals surface area contributed by atoms with Crippen molar-refractivity contribution < 1.29 is 5.11 Å². The first-order valence-corrected chi connectivity index (χ1v) is 7.63. The molecule has 3 N–H and O–H groups in total. The maximum absolute atomic E-state index is 9.56. The fourth-order valence-corrected chi connectivity index (χ4v) is 2.37. The summed E-state index contributed by atoms with van der Waals surface area (Å²) in [5.41, 5.74) is 2.62. The Morgan fingerprint density at radius 3 is 2.75 bits per heavy atom. The second-order valence-electron chi connectivity index (χ2n) is 5.74. The van der Waals surface area contributed by atoms with Gasteiger partial charge in [0.2, 0.25) is 5.95 Å². The highest BCUT2D eigenvalue weighted by Gasteiger charge is 2.09. The zero-order valence-electron chi connectivity index (χ0n) is 13.9. The van der Waals surface area contributed by atoms with Gasteiger partial charge in [-0.1, -0.05) is 6.07 Å². The van der Waals surface area contributed by atoms with Crippen LogP contribution in [-0.2, 0) is 6.54 Å². The number of aryl methyl sites for hydroxylation is 2. The number of H-pyrrole nitrogens is 1. The lowest BCUT2D eigenvalue weighted by atomic mass is 10.3. The van der Waals surface area contributed by atoms with Crippen LogP contribution in [0.5, 0.6) is 5.75 Å². The second kappa shape index (κ2) is 6.57. The minimum absolute atomic E-state index is 0.193. The Labute approximate surface area is 140 Å². The quantitative estimate of drug-likeness (QED) is 0.668. The number of nitrogens with one attached hydrogen (secondary N) is 2. The molecule has 0 amide bonds. The number of phenols is 1. The summed E-state index contributed by atoms with van der Waals surface area (Å²) in [4.78, 5) is 18.5. The number of aromatic hydroxyl groups is 1. The van der Waals surface area contributed by atoms with E-state index in [0.717, 1.165) is 28.7 Å². The first kappa shape index (κ1) is 15.8. The normalized spacial score (nSPS) is 10.6. The van der Waals surface area contributed by atoms with E-state index in [1.165, 1.54) is 0 Å². The number of phenolic OH excluding ortho intramolecular Hbond substituents is 1. The van der Waals surface area contributed by atoms with E-state index in [1.54, 1.807) is 18.2 Å². The van der Waals surface area contributed by atoms with Crippen molar-refractivity contribution in [3.63, 3.8) is 0 Å². The van der Waals surface area contributed by atoms with Crippen LogP contribution in [0.2, 0.25) is 0 Å². The van der Waals surface area contributed by atoms with Gasteiger partial charge in [0.15, 0.2) is 0 Å². The van der Waals surface area contributed by atoms with Crippen LogP contribution in [0.1, 0.15) is 17.2 Å². The number of hydrogen-bond donors (Lipinski definition) is 3. The van der Waals surface area contributed by atoms with Crippen LogP contribution in [0, 0.1) is 13.8 Å². The Morgan fingerprint density at radius 1 is 1.21 bits per heavy atom. The summed E-state index contributed by atoms with van der Waals surface area (Å²) < 4.78 is 0. The number of aromatic nitrogens is 4. The Balaban J connectivity index is 1.80. The SMILES string of the molecule is Cc1cc(N(C)Cc2ncc(C)[nH]2)nc(Nc2cccc(O)c2)n1. The van der Waals surface area contributed by atoms with Crippen LogP contribution < -0.4 is 10.2 Å². The van der Waals surface area contributed by atoms with Crippen LogP contribution >= 0.6 is 0 Å². The fourth-order valence-electron chi connectivity index (χ4n) is 2.37. The summed E-state index contributed by atoms with van der Waals surface area (Å²) in [6.07, 6.45) is 1.81. The molecule has 124 valence electrons.